The van der Waals surface area contributed by atoms with Crippen molar-refractivity contribution < 1.29 is 8.42 Å². The lowest BCUT2D eigenvalue weighted by Crippen LogP contribution is -2.14. The summed E-state index contributed by atoms with van der Waals surface area (Å²) in [6, 6.07) is 3.77. The average molecular weight is 256 g/mol. The summed E-state index contributed by atoms with van der Waals surface area (Å²) in [5.74, 6) is 0.193. The Morgan fingerprint density at radius 2 is 2.00 bits per heavy atom. The van der Waals surface area contributed by atoms with Crippen molar-refractivity contribution in [1.29, 1.82) is 0 Å². The first-order valence-corrected chi connectivity index (χ1v) is 7.73. The second-order valence-electron chi connectivity index (χ2n) is 4.51. The Hall–Kier alpha value is -0.940. The molecule has 0 aliphatic carbocycles. The molecule has 1 atom stereocenters. The minimum atomic E-state index is -2.89. The Kier molecular flexibility index (Phi) is 4.65. The van der Waals surface area contributed by atoms with Crippen LogP contribution < -0.4 is 5.73 Å². The summed E-state index contributed by atoms with van der Waals surface area (Å²) in [5, 5.41) is 0. The van der Waals surface area contributed by atoms with Crippen LogP contribution in [-0.2, 0) is 9.84 Å². The molecule has 5 heteroatoms. The average Bonchev–Trinajstić information content (AvgIpc) is 2.15. The van der Waals surface area contributed by atoms with E-state index in [0.29, 0.717) is 12.8 Å². The molecule has 0 aliphatic heterocycles. The highest BCUT2D eigenvalue weighted by Gasteiger charge is 2.11. The molecule has 1 aromatic heterocycles. The molecule has 1 heterocycles. The third kappa shape index (κ3) is 4.83. The fourth-order valence-corrected chi connectivity index (χ4v) is 2.50. The fraction of sp³-hybridized carbons (Fsp3) is 0.583. The predicted molar refractivity (Wildman–Crippen MR) is 69.6 cm³/mol. The van der Waals surface area contributed by atoms with E-state index in [2.05, 4.69) is 4.98 Å². The number of rotatable bonds is 5. The first-order valence-electron chi connectivity index (χ1n) is 5.67. The topological polar surface area (TPSA) is 73.1 Å². The monoisotopic (exact) mass is 256 g/mol. The molecule has 2 N–H and O–H groups in total. The van der Waals surface area contributed by atoms with Crippen LogP contribution in [0.2, 0.25) is 0 Å². The van der Waals surface area contributed by atoms with Crippen LogP contribution in [0.4, 0.5) is 0 Å². The number of hydrogen-bond donors (Lipinski definition) is 1. The van der Waals surface area contributed by atoms with Gasteiger partial charge in [0.05, 0.1) is 0 Å². The third-order valence-corrected chi connectivity index (χ3v) is 3.73. The van der Waals surface area contributed by atoms with Crippen molar-refractivity contribution in [3.05, 3.63) is 29.1 Å². The molecule has 96 valence electrons. The number of hydrogen-bond acceptors (Lipinski definition) is 4. The molecular formula is C12H20N2O2S. The highest BCUT2D eigenvalue weighted by atomic mass is 32.2. The van der Waals surface area contributed by atoms with Gasteiger partial charge in [0.1, 0.15) is 9.84 Å². The molecule has 1 rings (SSSR count). The Morgan fingerprint density at radius 1 is 1.35 bits per heavy atom. The van der Waals surface area contributed by atoms with Crippen molar-refractivity contribution in [1.82, 2.24) is 4.98 Å². The van der Waals surface area contributed by atoms with E-state index < -0.39 is 9.84 Å². The summed E-state index contributed by atoms with van der Waals surface area (Å²) in [7, 11) is -2.89. The smallest absolute Gasteiger partial charge is 0.147 e. The van der Waals surface area contributed by atoms with Crippen molar-refractivity contribution in [3.8, 4) is 0 Å². The van der Waals surface area contributed by atoms with Gasteiger partial charge < -0.3 is 5.73 Å². The highest BCUT2D eigenvalue weighted by molar-refractivity contribution is 7.90. The molecule has 0 fully saturated rings. The Balaban J connectivity index is 2.61. The first-order chi connectivity index (χ1) is 7.79. The van der Waals surface area contributed by atoms with Gasteiger partial charge in [-0.05, 0) is 38.3 Å². The maximum absolute atomic E-state index is 11.0. The quantitative estimate of drug-likeness (QED) is 0.867. The Bertz CT molecular complexity index is 483. The van der Waals surface area contributed by atoms with Crippen LogP contribution in [0.1, 0.15) is 35.8 Å². The zero-order chi connectivity index (χ0) is 13.1. The van der Waals surface area contributed by atoms with Gasteiger partial charge in [0.25, 0.3) is 0 Å². The largest absolute Gasteiger partial charge is 0.324 e. The van der Waals surface area contributed by atoms with Gasteiger partial charge in [0, 0.05) is 29.4 Å². The second-order valence-corrected chi connectivity index (χ2v) is 6.77. The van der Waals surface area contributed by atoms with Crippen LogP contribution in [0.25, 0.3) is 0 Å². The third-order valence-electron chi connectivity index (χ3n) is 2.70. The van der Waals surface area contributed by atoms with E-state index in [1.165, 1.54) is 6.26 Å². The summed E-state index contributed by atoms with van der Waals surface area (Å²) in [5.41, 5.74) is 8.94. The van der Waals surface area contributed by atoms with Crippen LogP contribution >= 0.6 is 0 Å². The number of aryl methyl sites for hydroxylation is 2. The summed E-state index contributed by atoms with van der Waals surface area (Å²) in [6.07, 6.45) is 2.50. The highest BCUT2D eigenvalue weighted by Crippen LogP contribution is 2.19. The van der Waals surface area contributed by atoms with Crippen LogP contribution in [0.5, 0.6) is 0 Å². The molecule has 0 saturated carbocycles. The molecule has 4 nitrogen and oxygen atoms in total. The summed E-state index contributed by atoms with van der Waals surface area (Å²) in [4.78, 5) is 4.35. The number of nitrogens with zero attached hydrogens (tertiary/aromatic N) is 1. The minimum Gasteiger partial charge on any atom is -0.324 e. The number of sulfone groups is 1. The number of nitrogens with two attached hydrogens (primary N) is 1. The molecule has 0 saturated heterocycles. The molecule has 0 amide bonds. The van der Waals surface area contributed by atoms with E-state index in [0.717, 1.165) is 17.0 Å². The lowest BCUT2D eigenvalue weighted by atomic mass is 10.0. The molecule has 0 aliphatic rings. The maximum Gasteiger partial charge on any atom is 0.147 e. The number of aromatic nitrogens is 1. The SMILES string of the molecule is Cc1ccc(C(N)CCCS(C)(=O)=O)c(C)n1. The lowest BCUT2D eigenvalue weighted by Gasteiger charge is -2.14. The Labute approximate surface area is 103 Å². The van der Waals surface area contributed by atoms with Crippen LogP contribution in [0.3, 0.4) is 0 Å². The van der Waals surface area contributed by atoms with E-state index in [1.54, 1.807) is 0 Å². The van der Waals surface area contributed by atoms with Crippen LogP contribution in [0.15, 0.2) is 12.1 Å². The van der Waals surface area contributed by atoms with E-state index in [9.17, 15) is 8.42 Å². The molecule has 17 heavy (non-hydrogen) atoms. The van der Waals surface area contributed by atoms with Gasteiger partial charge in [-0.25, -0.2) is 8.42 Å². The standard InChI is InChI=1S/C12H20N2O2S/c1-9-6-7-11(10(2)14-9)12(13)5-4-8-17(3,15)16/h6-7,12H,4-5,8,13H2,1-3H3. The van der Waals surface area contributed by atoms with E-state index >= 15 is 0 Å². The predicted octanol–water partition coefficient (Wildman–Crippen LogP) is 1.52. The van der Waals surface area contributed by atoms with E-state index in [1.807, 2.05) is 26.0 Å². The second kappa shape index (κ2) is 5.60. The van der Waals surface area contributed by atoms with Crippen molar-refractivity contribution in [2.24, 2.45) is 5.73 Å². The molecule has 0 bridgehead atoms. The summed E-state index contributed by atoms with van der Waals surface area (Å²) < 4.78 is 22.0. The molecular weight excluding hydrogens is 236 g/mol. The molecule has 0 radical (unpaired) electrons. The maximum atomic E-state index is 11.0. The van der Waals surface area contributed by atoms with Crippen LogP contribution in [0, 0.1) is 13.8 Å². The summed E-state index contributed by atoms with van der Waals surface area (Å²) >= 11 is 0. The van der Waals surface area contributed by atoms with Gasteiger partial charge in [-0.2, -0.15) is 0 Å². The van der Waals surface area contributed by atoms with Crippen LogP contribution in [-0.4, -0.2) is 25.4 Å². The summed E-state index contributed by atoms with van der Waals surface area (Å²) in [6.45, 7) is 3.87. The van der Waals surface area contributed by atoms with Crippen molar-refractivity contribution in [2.75, 3.05) is 12.0 Å². The molecule has 0 spiro atoms. The van der Waals surface area contributed by atoms with Gasteiger partial charge >= 0.3 is 0 Å². The minimum absolute atomic E-state index is 0.134. The number of pyridine rings is 1. The molecule has 0 aromatic carbocycles. The Morgan fingerprint density at radius 3 is 2.53 bits per heavy atom. The van der Waals surface area contributed by atoms with Gasteiger partial charge in [-0.3, -0.25) is 4.98 Å². The van der Waals surface area contributed by atoms with Gasteiger partial charge in [-0.15, -0.1) is 0 Å². The zero-order valence-corrected chi connectivity index (χ0v) is 11.4. The van der Waals surface area contributed by atoms with E-state index in [4.69, 9.17) is 5.73 Å². The van der Waals surface area contributed by atoms with Crippen molar-refractivity contribution >= 4 is 9.84 Å². The molecule has 1 unspecified atom stereocenters. The van der Waals surface area contributed by atoms with Gasteiger partial charge in [0.15, 0.2) is 0 Å². The van der Waals surface area contributed by atoms with E-state index in [-0.39, 0.29) is 11.8 Å². The normalized spacial score (nSPS) is 13.6. The fourth-order valence-electron chi connectivity index (χ4n) is 1.81. The lowest BCUT2D eigenvalue weighted by molar-refractivity contribution is 0.587. The van der Waals surface area contributed by atoms with Gasteiger partial charge in [0.2, 0.25) is 0 Å². The van der Waals surface area contributed by atoms with Gasteiger partial charge in [-0.1, -0.05) is 6.07 Å². The zero-order valence-electron chi connectivity index (χ0n) is 10.6. The van der Waals surface area contributed by atoms with Crippen molar-refractivity contribution in [2.45, 2.75) is 32.7 Å². The van der Waals surface area contributed by atoms with Crippen molar-refractivity contribution in [3.63, 3.8) is 0 Å². The first kappa shape index (κ1) is 14.1. The molecule has 1 aromatic rings.